The first-order chi connectivity index (χ1) is 13.2. The van der Waals surface area contributed by atoms with Gasteiger partial charge in [0.05, 0.1) is 6.26 Å². The number of aromatic nitrogens is 2. The van der Waals surface area contributed by atoms with E-state index in [-0.39, 0.29) is 11.8 Å². The standard InChI is InChI=1S/C19H23N5O3/c25-18(15-6-7-17(21-20-15)22-8-2-1-3-9-22)23-10-12-24(13-11-23)19(26)16-5-4-14-27-16/h4-7,14H,1-3,8-13H2. The summed E-state index contributed by atoms with van der Waals surface area (Å²) in [7, 11) is 0. The number of piperidine rings is 1. The predicted octanol–water partition coefficient (Wildman–Crippen LogP) is 1.66. The molecule has 2 amide bonds. The van der Waals surface area contributed by atoms with Gasteiger partial charge in [0.15, 0.2) is 17.3 Å². The van der Waals surface area contributed by atoms with E-state index in [0.717, 1.165) is 18.9 Å². The highest BCUT2D eigenvalue weighted by Crippen LogP contribution is 2.17. The molecule has 2 aromatic rings. The minimum Gasteiger partial charge on any atom is -0.459 e. The minimum absolute atomic E-state index is 0.141. The number of nitrogens with zero attached hydrogens (tertiary/aromatic N) is 5. The highest BCUT2D eigenvalue weighted by Gasteiger charge is 2.27. The van der Waals surface area contributed by atoms with Crippen LogP contribution in [-0.4, -0.2) is 71.1 Å². The Bertz CT molecular complexity index is 776. The maximum Gasteiger partial charge on any atom is 0.289 e. The van der Waals surface area contributed by atoms with Crippen LogP contribution in [0.2, 0.25) is 0 Å². The lowest BCUT2D eigenvalue weighted by atomic mass is 10.1. The van der Waals surface area contributed by atoms with Crippen molar-refractivity contribution in [2.45, 2.75) is 19.3 Å². The average Bonchev–Trinajstić information content (AvgIpc) is 3.28. The van der Waals surface area contributed by atoms with Crippen LogP contribution in [0.25, 0.3) is 0 Å². The summed E-state index contributed by atoms with van der Waals surface area (Å²) in [5.41, 5.74) is 0.349. The summed E-state index contributed by atoms with van der Waals surface area (Å²) in [5, 5.41) is 8.39. The van der Waals surface area contributed by atoms with Crippen LogP contribution in [0.1, 0.15) is 40.3 Å². The molecule has 2 aliphatic heterocycles. The molecule has 4 heterocycles. The molecule has 0 N–H and O–H groups in total. The summed E-state index contributed by atoms with van der Waals surface area (Å²) >= 11 is 0. The largest absolute Gasteiger partial charge is 0.459 e. The molecule has 142 valence electrons. The van der Waals surface area contributed by atoms with Crippen molar-refractivity contribution >= 4 is 17.6 Å². The Balaban J connectivity index is 1.34. The Morgan fingerprint density at radius 2 is 1.52 bits per heavy atom. The summed E-state index contributed by atoms with van der Waals surface area (Å²) in [6.45, 7) is 3.89. The van der Waals surface area contributed by atoms with Gasteiger partial charge >= 0.3 is 0 Å². The Morgan fingerprint density at radius 3 is 2.11 bits per heavy atom. The lowest BCUT2D eigenvalue weighted by molar-refractivity contribution is 0.0514. The second-order valence-electron chi connectivity index (χ2n) is 6.89. The van der Waals surface area contributed by atoms with Gasteiger partial charge in [-0.1, -0.05) is 0 Å². The lowest BCUT2D eigenvalue weighted by Gasteiger charge is -2.34. The van der Waals surface area contributed by atoms with Crippen LogP contribution in [-0.2, 0) is 0 Å². The molecule has 0 aliphatic carbocycles. The zero-order valence-electron chi connectivity index (χ0n) is 15.2. The van der Waals surface area contributed by atoms with Gasteiger partial charge in [-0.2, -0.15) is 0 Å². The molecular formula is C19H23N5O3. The molecule has 2 saturated heterocycles. The van der Waals surface area contributed by atoms with Crippen molar-refractivity contribution in [2.24, 2.45) is 0 Å². The number of carbonyl (C=O) groups is 2. The van der Waals surface area contributed by atoms with E-state index in [1.54, 1.807) is 28.0 Å². The molecule has 0 radical (unpaired) electrons. The van der Waals surface area contributed by atoms with E-state index < -0.39 is 0 Å². The number of hydrogen-bond acceptors (Lipinski definition) is 6. The summed E-state index contributed by atoms with van der Waals surface area (Å²) in [6, 6.07) is 6.97. The fourth-order valence-corrected chi connectivity index (χ4v) is 3.56. The van der Waals surface area contributed by atoms with Gasteiger partial charge in [-0.3, -0.25) is 9.59 Å². The predicted molar refractivity (Wildman–Crippen MR) is 98.6 cm³/mol. The molecule has 4 rings (SSSR count). The highest BCUT2D eigenvalue weighted by atomic mass is 16.3. The van der Waals surface area contributed by atoms with Crippen molar-refractivity contribution in [3.63, 3.8) is 0 Å². The maximum absolute atomic E-state index is 12.7. The fourth-order valence-electron chi connectivity index (χ4n) is 3.56. The van der Waals surface area contributed by atoms with Crippen molar-refractivity contribution in [1.29, 1.82) is 0 Å². The third kappa shape index (κ3) is 3.79. The van der Waals surface area contributed by atoms with Crippen molar-refractivity contribution in [2.75, 3.05) is 44.2 Å². The molecule has 0 atom stereocenters. The summed E-state index contributed by atoms with van der Waals surface area (Å²) in [6.07, 6.45) is 5.08. The van der Waals surface area contributed by atoms with Gasteiger partial charge < -0.3 is 19.1 Å². The molecule has 2 aromatic heterocycles. The van der Waals surface area contributed by atoms with Crippen molar-refractivity contribution in [3.05, 3.63) is 42.0 Å². The van der Waals surface area contributed by atoms with E-state index in [2.05, 4.69) is 15.1 Å². The molecule has 8 nitrogen and oxygen atoms in total. The number of rotatable bonds is 3. The van der Waals surface area contributed by atoms with Crippen LogP contribution in [0, 0.1) is 0 Å². The number of furan rings is 1. The second kappa shape index (κ2) is 7.77. The van der Waals surface area contributed by atoms with Gasteiger partial charge in [0, 0.05) is 39.3 Å². The molecule has 0 spiro atoms. The van der Waals surface area contributed by atoms with Gasteiger partial charge in [-0.25, -0.2) is 0 Å². The van der Waals surface area contributed by atoms with Gasteiger partial charge in [-0.15, -0.1) is 10.2 Å². The molecule has 0 saturated carbocycles. The Morgan fingerprint density at radius 1 is 0.815 bits per heavy atom. The van der Waals surface area contributed by atoms with Crippen LogP contribution >= 0.6 is 0 Å². The minimum atomic E-state index is -0.141. The first kappa shape index (κ1) is 17.5. The van der Waals surface area contributed by atoms with E-state index in [1.165, 1.54) is 25.5 Å². The Labute approximate surface area is 157 Å². The van der Waals surface area contributed by atoms with Crippen molar-refractivity contribution < 1.29 is 14.0 Å². The summed E-state index contributed by atoms with van der Waals surface area (Å²) in [4.78, 5) is 30.6. The molecule has 0 bridgehead atoms. The van der Waals surface area contributed by atoms with E-state index >= 15 is 0 Å². The number of anilines is 1. The first-order valence-electron chi connectivity index (χ1n) is 9.43. The van der Waals surface area contributed by atoms with Crippen molar-refractivity contribution in [1.82, 2.24) is 20.0 Å². The van der Waals surface area contributed by atoms with E-state index in [1.807, 2.05) is 6.07 Å². The fraction of sp³-hybridized carbons (Fsp3) is 0.474. The quantitative estimate of drug-likeness (QED) is 0.818. The maximum atomic E-state index is 12.7. The highest BCUT2D eigenvalue weighted by molar-refractivity contribution is 5.93. The molecular weight excluding hydrogens is 346 g/mol. The topological polar surface area (TPSA) is 82.8 Å². The number of carbonyl (C=O) groups excluding carboxylic acids is 2. The SMILES string of the molecule is O=C(c1ccc(N2CCCCC2)nn1)N1CCN(C(=O)c2ccco2)CC1. The Hall–Kier alpha value is -2.90. The summed E-state index contributed by atoms with van der Waals surface area (Å²) < 4.78 is 5.16. The molecule has 27 heavy (non-hydrogen) atoms. The number of amides is 2. The lowest BCUT2D eigenvalue weighted by Crippen LogP contribution is -2.50. The first-order valence-corrected chi connectivity index (χ1v) is 9.43. The van der Waals surface area contributed by atoms with Crippen molar-refractivity contribution in [3.8, 4) is 0 Å². The Kier molecular flexibility index (Phi) is 5.04. The van der Waals surface area contributed by atoms with Gasteiger partial charge in [0.25, 0.3) is 11.8 Å². The molecule has 0 unspecified atom stereocenters. The second-order valence-corrected chi connectivity index (χ2v) is 6.89. The number of hydrogen-bond donors (Lipinski definition) is 0. The monoisotopic (exact) mass is 369 g/mol. The van der Waals surface area contributed by atoms with Crippen LogP contribution in [0.4, 0.5) is 5.82 Å². The van der Waals surface area contributed by atoms with E-state index in [9.17, 15) is 9.59 Å². The average molecular weight is 369 g/mol. The van der Waals surface area contributed by atoms with Crippen LogP contribution < -0.4 is 4.90 Å². The van der Waals surface area contributed by atoms with Crippen LogP contribution in [0.5, 0.6) is 0 Å². The van der Waals surface area contributed by atoms with Crippen LogP contribution in [0.15, 0.2) is 34.9 Å². The van der Waals surface area contributed by atoms with E-state index in [0.29, 0.717) is 37.6 Å². The molecule has 2 fully saturated rings. The number of piperazine rings is 1. The third-order valence-electron chi connectivity index (χ3n) is 5.14. The van der Waals surface area contributed by atoms with Crippen LogP contribution in [0.3, 0.4) is 0 Å². The molecule has 0 aromatic carbocycles. The molecule has 2 aliphatic rings. The van der Waals surface area contributed by atoms with E-state index in [4.69, 9.17) is 4.42 Å². The third-order valence-corrected chi connectivity index (χ3v) is 5.14. The van der Waals surface area contributed by atoms with Gasteiger partial charge in [0.1, 0.15) is 0 Å². The zero-order valence-corrected chi connectivity index (χ0v) is 15.2. The summed E-state index contributed by atoms with van der Waals surface area (Å²) in [5.74, 6) is 0.879. The smallest absolute Gasteiger partial charge is 0.289 e. The van der Waals surface area contributed by atoms with Gasteiger partial charge in [0.2, 0.25) is 0 Å². The normalized spacial score (nSPS) is 17.9. The zero-order chi connectivity index (χ0) is 18.6. The van der Waals surface area contributed by atoms with Gasteiger partial charge in [-0.05, 0) is 43.5 Å². The molecule has 8 heteroatoms.